The van der Waals surface area contributed by atoms with Crippen molar-refractivity contribution < 1.29 is 14.3 Å². The Labute approximate surface area is 204 Å². The van der Waals surface area contributed by atoms with Gasteiger partial charge in [0.05, 0.1) is 48.4 Å². The molecule has 1 N–H and O–H groups in total. The molecule has 1 amide bonds. The van der Waals surface area contributed by atoms with Gasteiger partial charge in [-0.15, -0.1) is 10.2 Å². The number of ketones is 1. The van der Waals surface area contributed by atoms with Gasteiger partial charge in [-0.1, -0.05) is 29.5 Å². The number of amides is 1. The third kappa shape index (κ3) is 3.50. The number of fused-ring (bicyclic) bond motifs is 2. The first-order chi connectivity index (χ1) is 17.7. The number of methoxy groups -OCH3 is 1. The van der Waals surface area contributed by atoms with Crippen LogP contribution in [0.5, 0.6) is 5.75 Å². The van der Waals surface area contributed by atoms with Gasteiger partial charge in [-0.25, -0.2) is 9.67 Å². The van der Waals surface area contributed by atoms with Crippen molar-refractivity contribution in [3.8, 4) is 11.6 Å². The number of nitrogens with zero attached hydrogens (tertiary/aromatic N) is 8. The molecule has 0 unspecified atom stereocenters. The second-order valence-corrected chi connectivity index (χ2v) is 8.31. The Morgan fingerprint density at radius 3 is 2.64 bits per heavy atom. The first-order valence-electron chi connectivity index (χ1n) is 11.4. The maximum atomic E-state index is 13.4. The van der Waals surface area contributed by atoms with Gasteiger partial charge >= 0.3 is 0 Å². The monoisotopic (exact) mass is 483 g/mol. The molecule has 6 rings (SSSR count). The van der Waals surface area contributed by atoms with Gasteiger partial charge in [0.15, 0.2) is 11.6 Å². The average Bonchev–Trinajstić information content (AvgIpc) is 3.63. The SMILES string of the molecule is COc1cnc(-n2ccnn2)c2[nH]cc(C(=O)C(=O)N3CCN(c4nncc5ccccc45)CC3)c12. The normalized spacial score (nSPS) is 13.9. The van der Waals surface area contributed by atoms with Crippen LogP contribution in [0.25, 0.3) is 27.5 Å². The second-order valence-electron chi connectivity index (χ2n) is 8.31. The summed E-state index contributed by atoms with van der Waals surface area (Å²) < 4.78 is 6.92. The lowest BCUT2D eigenvalue weighted by molar-refractivity contribution is -0.126. The summed E-state index contributed by atoms with van der Waals surface area (Å²) in [4.78, 5) is 37.7. The number of benzene rings is 1. The molecule has 1 fully saturated rings. The van der Waals surface area contributed by atoms with Gasteiger partial charge in [0.25, 0.3) is 11.7 Å². The van der Waals surface area contributed by atoms with Crippen LogP contribution in [0, 0.1) is 0 Å². The molecule has 5 aromatic rings. The number of carbonyl (C=O) groups excluding carboxylic acids is 2. The molecule has 0 atom stereocenters. The molecule has 0 radical (unpaired) electrons. The number of hydrogen-bond donors (Lipinski definition) is 1. The number of carbonyl (C=O) groups is 2. The summed E-state index contributed by atoms with van der Waals surface area (Å²) >= 11 is 0. The molecule has 180 valence electrons. The van der Waals surface area contributed by atoms with Crippen LogP contribution in [0.15, 0.2) is 55.2 Å². The predicted octanol–water partition coefficient (Wildman–Crippen LogP) is 1.63. The molecule has 1 aliphatic heterocycles. The van der Waals surface area contributed by atoms with Crippen LogP contribution >= 0.6 is 0 Å². The number of piperazine rings is 1. The van der Waals surface area contributed by atoms with E-state index in [0.29, 0.717) is 48.6 Å². The fourth-order valence-corrected chi connectivity index (χ4v) is 4.56. The predicted molar refractivity (Wildman–Crippen MR) is 130 cm³/mol. The van der Waals surface area contributed by atoms with Gasteiger partial charge in [0.2, 0.25) is 0 Å². The summed E-state index contributed by atoms with van der Waals surface area (Å²) in [5.41, 5.74) is 0.744. The number of anilines is 1. The van der Waals surface area contributed by atoms with Gasteiger partial charge in [-0.2, -0.15) is 5.10 Å². The highest BCUT2D eigenvalue weighted by Crippen LogP contribution is 2.32. The molecule has 5 heterocycles. The number of Topliss-reactive ketones (excluding diaryl/α,β-unsaturated/α-hetero) is 1. The first-order valence-corrected chi connectivity index (χ1v) is 11.4. The Kier molecular flexibility index (Phi) is 5.25. The zero-order valence-corrected chi connectivity index (χ0v) is 19.3. The van der Waals surface area contributed by atoms with E-state index in [1.165, 1.54) is 30.4 Å². The standard InChI is InChI=1S/C24H21N9O3/c1-36-18-14-26-23(33-7-6-27-30-33)20-19(18)17(13-25-20)21(34)24(35)32-10-8-31(9-11-32)22-16-5-3-2-4-15(16)12-28-29-22/h2-7,12-14,25H,8-11H2,1H3. The molecular formula is C24H21N9O3. The third-order valence-corrected chi connectivity index (χ3v) is 6.37. The summed E-state index contributed by atoms with van der Waals surface area (Å²) in [6.45, 7) is 1.86. The minimum atomic E-state index is -0.617. The summed E-state index contributed by atoms with van der Waals surface area (Å²) in [5, 5.41) is 18.7. The van der Waals surface area contributed by atoms with Crippen LogP contribution in [0.2, 0.25) is 0 Å². The topological polar surface area (TPSA) is 135 Å². The highest BCUT2D eigenvalue weighted by Gasteiger charge is 2.31. The lowest BCUT2D eigenvalue weighted by atomic mass is 10.1. The van der Waals surface area contributed by atoms with E-state index < -0.39 is 11.7 Å². The lowest BCUT2D eigenvalue weighted by Gasteiger charge is -2.35. The molecule has 0 bridgehead atoms. The summed E-state index contributed by atoms with van der Waals surface area (Å²) in [7, 11) is 1.49. The minimum absolute atomic E-state index is 0.220. The molecule has 1 aliphatic rings. The van der Waals surface area contributed by atoms with E-state index in [0.717, 1.165) is 16.6 Å². The van der Waals surface area contributed by atoms with Gasteiger partial charge in [0.1, 0.15) is 5.75 Å². The van der Waals surface area contributed by atoms with E-state index in [1.54, 1.807) is 17.3 Å². The minimum Gasteiger partial charge on any atom is -0.494 e. The van der Waals surface area contributed by atoms with Crippen molar-refractivity contribution in [2.45, 2.75) is 0 Å². The van der Waals surface area contributed by atoms with Crippen LogP contribution in [0.3, 0.4) is 0 Å². The number of nitrogens with one attached hydrogen (secondary N) is 1. The highest BCUT2D eigenvalue weighted by atomic mass is 16.5. The van der Waals surface area contributed by atoms with Gasteiger partial charge in [-0.3, -0.25) is 9.59 Å². The van der Waals surface area contributed by atoms with Crippen molar-refractivity contribution in [1.82, 2.24) is 40.1 Å². The molecular weight excluding hydrogens is 462 g/mol. The maximum absolute atomic E-state index is 13.4. The van der Waals surface area contributed by atoms with Gasteiger partial charge < -0.3 is 19.5 Å². The summed E-state index contributed by atoms with van der Waals surface area (Å²) in [5.74, 6) is 0.417. The molecule has 0 aliphatic carbocycles. The van der Waals surface area contributed by atoms with Crippen molar-refractivity contribution >= 4 is 39.2 Å². The summed E-state index contributed by atoms with van der Waals surface area (Å²) in [6, 6.07) is 7.92. The van der Waals surface area contributed by atoms with Crippen molar-refractivity contribution in [3.63, 3.8) is 0 Å². The van der Waals surface area contributed by atoms with Gasteiger partial charge in [0, 0.05) is 43.1 Å². The van der Waals surface area contributed by atoms with Gasteiger partial charge in [-0.05, 0) is 0 Å². The Morgan fingerprint density at radius 1 is 1.03 bits per heavy atom. The third-order valence-electron chi connectivity index (χ3n) is 6.37. The highest BCUT2D eigenvalue weighted by molar-refractivity contribution is 6.45. The Balaban J connectivity index is 1.25. The zero-order valence-electron chi connectivity index (χ0n) is 19.3. The van der Waals surface area contributed by atoms with E-state index >= 15 is 0 Å². The molecule has 12 heteroatoms. The number of rotatable bonds is 5. The van der Waals surface area contributed by atoms with Crippen molar-refractivity contribution in [2.75, 3.05) is 38.2 Å². The van der Waals surface area contributed by atoms with Crippen molar-refractivity contribution in [2.24, 2.45) is 0 Å². The van der Waals surface area contributed by atoms with E-state index in [4.69, 9.17) is 4.74 Å². The molecule has 12 nitrogen and oxygen atoms in total. The largest absolute Gasteiger partial charge is 0.494 e. The Morgan fingerprint density at radius 2 is 1.86 bits per heavy atom. The quantitative estimate of drug-likeness (QED) is 0.292. The first kappa shape index (κ1) is 21.6. The molecule has 0 saturated carbocycles. The molecule has 1 saturated heterocycles. The molecule has 36 heavy (non-hydrogen) atoms. The smallest absolute Gasteiger partial charge is 0.295 e. The molecule has 1 aromatic carbocycles. The van der Waals surface area contributed by atoms with E-state index in [2.05, 4.69) is 35.4 Å². The van der Waals surface area contributed by atoms with E-state index in [9.17, 15) is 9.59 Å². The van der Waals surface area contributed by atoms with Crippen LogP contribution < -0.4 is 9.64 Å². The van der Waals surface area contributed by atoms with Crippen LogP contribution in [0.1, 0.15) is 10.4 Å². The summed E-state index contributed by atoms with van der Waals surface area (Å²) in [6.07, 6.45) is 7.91. The number of aromatic amines is 1. The Hall–Kier alpha value is -4.87. The maximum Gasteiger partial charge on any atom is 0.295 e. The molecule has 0 spiro atoms. The van der Waals surface area contributed by atoms with Crippen LogP contribution in [0.4, 0.5) is 5.82 Å². The second kappa shape index (κ2) is 8.73. The van der Waals surface area contributed by atoms with E-state index in [-0.39, 0.29) is 5.56 Å². The van der Waals surface area contributed by atoms with Crippen LogP contribution in [-0.4, -0.2) is 85.0 Å². The number of hydrogen-bond acceptors (Lipinski definition) is 9. The van der Waals surface area contributed by atoms with Crippen molar-refractivity contribution in [3.05, 3.63) is 60.8 Å². The lowest BCUT2D eigenvalue weighted by Crippen LogP contribution is -2.51. The fourth-order valence-electron chi connectivity index (χ4n) is 4.56. The Bertz CT molecular complexity index is 1580. The van der Waals surface area contributed by atoms with E-state index in [1.807, 2.05) is 24.3 Å². The van der Waals surface area contributed by atoms with Crippen molar-refractivity contribution in [1.29, 1.82) is 0 Å². The number of aromatic nitrogens is 7. The number of H-pyrrole nitrogens is 1. The fraction of sp³-hybridized carbons (Fsp3) is 0.208. The van der Waals surface area contributed by atoms with Crippen LogP contribution in [-0.2, 0) is 4.79 Å². The number of pyridine rings is 1. The molecule has 4 aromatic heterocycles. The number of ether oxygens (including phenoxy) is 1. The average molecular weight is 483 g/mol. The zero-order chi connectivity index (χ0) is 24.6.